The number of nitrogens with zero attached hydrogens (tertiary/aromatic N) is 1. The molecule has 0 aromatic carbocycles. The van der Waals surface area contributed by atoms with Crippen molar-refractivity contribution >= 4 is 0 Å². The van der Waals surface area contributed by atoms with E-state index >= 15 is 0 Å². The van der Waals surface area contributed by atoms with Crippen molar-refractivity contribution in [3.05, 3.63) is 30.1 Å². The average molecular weight is 217 g/mol. The molecular formula is C13H19N3. The minimum atomic E-state index is 0.342. The summed E-state index contributed by atoms with van der Waals surface area (Å²) in [5.41, 5.74) is 4.15. The SMILES string of the molecule is CC#CCCC(CCc1ccncc1)NN. The summed E-state index contributed by atoms with van der Waals surface area (Å²) in [5, 5.41) is 0. The molecule has 1 aromatic rings. The number of pyridine rings is 1. The number of nitrogens with one attached hydrogen (secondary N) is 1. The molecule has 3 nitrogen and oxygen atoms in total. The number of nitrogens with two attached hydrogens (primary N) is 1. The average Bonchev–Trinajstić information content (AvgIpc) is 2.35. The number of rotatable bonds is 6. The van der Waals surface area contributed by atoms with E-state index in [0.717, 1.165) is 25.7 Å². The van der Waals surface area contributed by atoms with Crippen LogP contribution >= 0.6 is 0 Å². The normalized spacial score (nSPS) is 11.6. The van der Waals surface area contributed by atoms with Crippen LogP contribution in [0.25, 0.3) is 0 Å². The zero-order valence-electron chi connectivity index (χ0n) is 9.74. The number of hydrazine groups is 1. The minimum absolute atomic E-state index is 0.342. The topological polar surface area (TPSA) is 50.9 Å². The second-order valence-corrected chi connectivity index (χ2v) is 3.72. The van der Waals surface area contributed by atoms with Gasteiger partial charge < -0.3 is 0 Å². The van der Waals surface area contributed by atoms with Crippen molar-refractivity contribution in [3.63, 3.8) is 0 Å². The molecule has 0 saturated carbocycles. The maximum Gasteiger partial charge on any atom is 0.0270 e. The smallest absolute Gasteiger partial charge is 0.0270 e. The van der Waals surface area contributed by atoms with Crippen molar-refractivity contribution in [3.8, 4) is 11.8 Å². The van der Waals surface area contributed by atoms with Gasteiger partial charge in [0.05, 0.1) is 0 Å². The van der Waals surface area contributed by atoms with E-state index in [1.165, 1.54) is 5.56 Å². The Morgan fingerprint density at radius 1 is 1.38 bits per heavy atom. The maximum atomic E-state index is 5.51. The van der Waals surface area contributed by atoms with E-state index in [1.807, 2.05) is 31.5 Å². The Morgan fingerprint density at radius 3 is 2.75 bits per heavy atom. The Bertz CT molecular complexity index is 337. The lowest BCUT2D eigenvalue weighted by atomic mass is 10.0. The minimum Gasteiger partial charge on any atom is -0.271 e. The summed E-state index contributed by atoms with van der Waals surface area (Å²) in [6, 6.07) is 4.42. The standard InChI is InChI=1S/C13H19N3/c1-2-3-4-5-13(16-14)7-6-12-8-10-15-11-9-12/h8-11,13,16H,4-7,14H2,1H3. The Kier molecular flexibility index (Phi) is 6.24. The molecule has 0 aliphatic rings. The van der Waals surface area contributed by atoms with Gasteiger partial charge in [0, 0.05) is 24.9 Å². The first-order valence-electron chi connectivity index (χ1n) is 5.61. The fourth-order valence-electron chi connectivity index (χ4n) is 1.57. The van der Waals surface area contributed by atoms with Crippen LogP contribution in [-0.4, -0.2) is 11.0 Å². The molecule has 86 valence electrons. The zero-order valence-corrected chi connectivity index (χ0v) is 9.74. The van der Waals surface area contributed by atoms with Crippen LogP contribution in [0.15, 0.2) is 24.5 Å². The maximum absolute atomic E-state index is 5.51. The van der Waals surface area contributed by atoms with E-state index in [9.17, 15) is 0 Å². The molecule has 0 saturated heterocycles. The first kappa shape index (κ1) is 12.7. The molecule has 0 aliphatic carbocycles. The molecule has 3 N–H and O–H groups in total. The molecule has 0 amide bonds. The lowest BCUT2D eigenvalue weighted by Crippen LogP contribution is -2.35. The van der Waals surface area contributed by atoms with Gasteiger partial charge in [0.15, 0.2) is 0 Å². The Hall–Kier alpha value is -1.37. The van der Waals surface area contributed by atoms with E-state index < -0.39 is 0 Å². The molecule has 1 heterocycles. The molecule has 0 radical (unpaired) electrons. The molecule has 0 fully saturated rings. The first-order chi connectivity index (χ1) is 7.86. The summed E-state index contributed by atoms with van der Waals surface area (Å²) in [6.45, 7) is 1.86. The van der Waals surface area contributed by atoms with Crippen molar-refractivity contribution < 1.29 is 0 Å². The molecule has 1 aromatic heterocycles. The molecular weight excluding hydrogens is 198 g/mol. The van der Waals surface area contributed by atoms with Crippen molar-refractivity contribution in [2.75, 3.05) is 0 Å². The van der Waals surface area contributed by atoms with Gasteiger partial charge >= 0.3 is 0 Å². The zero-order chi connectivity index (χ0) is 11.6. The van der Waals surface area contributed by atoms with Crippen LogP contribution in [0.4, 0.5) is 0 Å². The predicted molar refractivity (Wildman–Crippen MR) is 66.4 cm³/mol. The van der Waals surface area contributed by atoms with Crippen LogP contribution in [0.3, 0.4) is 0 Å². The molecule has 1 unspecified atom stereocenters. The fourth-order valence-corrected chi connectivity index (χ4v) is 1.57. The molecule has 0 bridgehead atoms. The highest BCUT2D eigenvalue weighted by molar-refractivity contribution is 5.09. The third-order valence-electron chi connectivity index (χ3n) is 2.56. The number of aryl methyl sites for hydroxylation is 1. The Labute approximate surface area is 97.4 Å². The monoisotopic (exact) mass is 217 g/mol. The number of hydrogen-bond acceptors (Lipinski definition) is 3. The van der Waals surface area contributed by atoms with Gasteiger partial charge in [-0.3, -0.25) is 16.3 Å². The fraction of sp³-hybridized carbons (Fsp3) is 0.462. The highest BCUT2D eigenvalue weighted by atomic mass is 15.2. The predicted octanol–water partition coefficient (Wildman–Crippen LogP) is 1.65. The quantitative estimate of drug-likeness (QED) is 0.433. The summed E-state index contributed by atoms with van der Waals surface area (Å²) in [5.74, 6) is 11.5. The van der Waals surface area contributed by atoms with Crippen molar-refractivity contribution in [1.82, 2.24) is 10.4 Å². The lowest BCUT2D eigenvalue weighted by molar-refractivity contribution is 0.469. The van der Waals surface area contributed by atoms with Gasteiger partial charge in [-0.1, -0.05) is 0 Å². The van der Waals surface area contributed by atoms with Gasteiger partial charge in [0.2, 0.25) is 0 Å². The molecule has 1 atom stereocenters. The third kappa shape index (κ3) is 4.92. The summed E-state index contributed by atoms with van der Waals surface area (Å²) in [7, 11) is 0. The number of hydrogen-bond donors (Lipinski definition) is 2. The highest BCUT2D eigenvalue weighted by Gasteiger charge is 2.05. The van der Waals surface area contributed by atoms with Gasteiger partial charge in [0.25, 0.3) is 0 Å². The lowest BCUT2D eigenvalue weighted by Gasteiger charge is -2.14. The van der Waals surface area contributed by atoms with Crippen LogP contribution in [0, 0.1) is 11.8 Å². The Morgan fingerprint density at radius 2 is 2.12 bits per heavy atom. The van der Waals surface area contributed by atoms with Gasteiger partial charge in [-0.15, -0.1) is 11.8 Å². The van der Waals surface area contributed by atoms with Crippen LogP contribution in [0.1, 0.15) is 31.7 Å². The Balaban J connectivity index is 2.30. The van der Waals surface area contributed by atoms with E-state index in [2.05, 4.69) is 22.3 Å². The molecule has 3 heteroatoms. The van der Waals surface area contributed by atoms with Crippen LogP contribution in [0.5, 0.6) is 0 Å². The van der Waals surface area contributed by atoms with E-state index in [0.29, 0.717) is 6.04 Å². The van der Waals surface area contributed by atoms with E-state index in [1.54, 1.807) is 0 Å². The second-order valence-electron chi connectivity index (χ2n) is 3.72. The molecule has 0 aliphatic heterocycles. The summed E-state index contributed by atoms with van der Waals surface area (Å²) < 4.78 is 0. The largest absolute Gasteiger partial charge is 0.271 e. The second kappa shape index (κ2) is 7.86. The van der Waals surface area contributed by atoms with Gasteiger partial charge in [-0.05, 0) is 43.9 Å². The first-order valence-corrected chi connectivity index (χ1v) is 5.61. The van der Waals surface area contributed by atoms with E-state index in [4.69, 9.17) is 5.84 Å². The van der Waals surface area contributed by atoms with Crippen molar-refractivity contribution in [1.29, 1.82) is 0 Å². The van der Waals surface area contributed by atoms with Gasteiger partial charge in [-0.2, -0.15) is 0 Å². The van der Waals surface area contributed by atoms with Crippen LogP contribution < -0.4 is 11.3 Å². The van der Waals surface area contributed by atoms with E-state index in [-0.39, 0.29) is 0 Å². The van der Waals surface area contributed by atoms with Gasteiger partial charge in [-0.25, -0.2) is 0 Å². The van der Waals surface area contributed by atoms with Crippen LogP contribution in [-0.2, 0) is 6.42 Å². The summed E-state index contributed by atoms with van der Waals surface area (Å²) in [4.78, 5) is 3.99. The van der Waals surface area contributed by atoms with Crippen molar-refractivity contribution in [2.45, 2.75) is 38.6 Å². The summed E-state index contributed by atoms with van der Waals surface area (Å²) in [6.07, 6.45) is 7.61. The highest BCUT2D eigenvalue weighted by Crippen LogP contribution is 2.07. The van der Waals surface area contributed by atoms with Crippen LogP contribution in [0.2, 0.25) is 0 Å². The molecule has 0 spiro atoms. The molecule has 1 rings (SSSR count). The van der Waals surface area contributed by atoms with Crippen molar-refractivity contribution in [2.24, 2.45) is 5.84 Å². The summed E-state index contributed by atoms with van der Waals surface area (Å²) >= 11 is 0. The number of aromatic nitrogens is 1. The van der Waals surface area contributed by atoms with Gasteiger partial charge in [0.1, 0.15) is 0 Å². The molecule has 16 heavy (non-hydrogen) atoms. The third-order valence-corrected chi connectivity index (χ3v) is 2.56.